The summed E-state index contributed by atoms with van der Waals surface area (Å²) in [5, 5.41) is 11.6. The van der Waals surface area contributed by atoms with Gasteiger partial charge in [0.2, 0.25) is 5.95 Å². The van der Waals surface area contributed by atoms with Crippen LogP contribution in [0.1, 0.15) is 29.9 Å². The fraction of sp³-hybridized carbons (Fsp3) is 0.133. The maximum Gasteiger partial charge on any atom is 0.265 e. The molecule has 6 aromatic rings. The summed E-state index contributed by atoms with van der Waals surface area (Å²) in [4.78, 5) is 29.3. The van der Waals surface area contributed by atoms with E-state index >= 15 is 4.39 Å². The number of H-pyrrole nitrogens is 1. The minimum absolute atomic E-state index is 0.00570. The standard InChI is InChI=1S/C30H22F2N6O2/c31-19-9-18(12-34-13-19)24-11-21-27(36-30(33)37-28(21)35-24)20-2-1-3-25(22(20)14-39)38-7-6-16-8-17(15-4-5-15)10-23(32)26(16)29(38)40/h1-3,6-13,15,39H,4-5,14H2,(H3,33,35,36,37). The van der Waals surface area contributed by atoms with Gasteiger partial charge in [-0.1, -0.05) is 18.2 Å². The second kappa shape index (κ2) is 9.06. The monoisotopic (exact) mass is 536 g/mol. The van der Waals surface area contributed by atoms with Crippen LogP contribution in [0.3, 0.4) is 0 Å². The summed E-state index contributed by atoms with van der Waals surface area (Å²) in [6.45, 7) is -0.435. The van der Waals surface area contributed by atoms with Crippen LogP contribution in [-0.2, 0) is 6.61 Å². The molecule has 40 heavy (non-hydrogen) atoms. The van der Waals surface area contributed by atoms with Gasteiger partial charge in [0.05, 0.1) is 29.6 Å². The van der Waals surface area contributed by atoms with Gasteiger partial charge in [-0.25, -0.2) is 13.8 Å². The molecule has 0 atom stereocenters. The number of nitrogens with two attached hydrogens (primary N) is 1. The SMILES string of the molecule is Nc1nc(-c2cccc(-n3ccc4cc(C5CC5)cc(F)c4c3=O)c2CO)c2cc(-c3cncc(F)c3)[nH]c2n1. The van der Waals surface area contributed by atoms with Crippen LogP contribution in [0.5, 0.6) is 0 Å². The highest BCUT2D eigenvalue weighted by Crippen LogP contribution is 2.41. The second-order valence-corrected chi connectivity index (χ2v) is 9.96. The number of aromatic amines is 1. The molecule has 10 heteroatoms. The van der Waals surface area contributed by atoms with Crippen LogP contribution in [0.4, 0.5) is 14.7 Å². The molecule has 0 unspecified atom stereocenters. The lowest BCUT2D eigenvalue weighted by atomic mass is 10.00. The van der Waals surface area contributed by atoms with Crippen LogP contribution in [-0.4, -0.2) is 29.6 Å². The van der Waals surface area contributed by atoms with Crippen LogP contribution in [0, 0.1) is 11.6 Å². The summed E-state index contributed by atoms with van der Waals surface area (Å²) >= 11 is 0. The van der Waals surface area contributed by atoms with Crippen LogP contribution < -0.4 is 11.3 Å². The van der Waals surface area contributed by atoms with Gasteiger partial charge in [-0.3, -0.25) is 14.3 Å². The highest BCUT2D eigenvalue weighted by molar-refractivity contribution is 5.96. The summed E-state index contributed by atoms with van der Waals surface area (Å²) in [5.41, 5.74) is 9.59. The predicted octanol–water partition coefficient (Wildman–Crippen LogP) is 5.22. The van der Waals surface area contributed by atoms with E-state index in [0.717, 1.165) is 24.6 Å². The number of nitrogen functional groups attached to an aromatic ring is 1. The number of halogens is 2. The Kier molecular flexibility index (Phi) is 5.46. The van der Waals surface area contributed by atoms with E-state index in [4.69, 9.17) is 5.73 Å². The topological polar surface area (TPSA) is 123 Å². The maximum absolute atomic E-state index is 15.2. The number of hydrogen-bond donors (Lipinski definition) is 3. The van der Waals surface area contributed by atoms with Crippen molar-refractivity contribution in [1.82, 2.24) is 24.5 Å². The molecule has 7 rings (SSSR count). The van der Waals surface area contributed by atoms with E-state index in [9.17, 15) is 14.3 Å². The molecule has 4 heterocycles. The van der Waals surface area contributed by atoms with Gasteiger partial charge >= 0.3 is 0 Å². The van der Waals surface area contributed by atoms with Gasteiger partial charge in [-0.05, 0) is 60.0 Å². The van der Waals surface area contributed by atoms with Crippen LogP contribution >= 0.6 is 0 Å². The fourth-order valence-electron chi connectivity index (χ4n) is 5.33. The molecule has 2 aromatic carbocycles. The van der Waals surface area contributed by atoms with Gasteiger partial charge in [0.15, 0.2) is 0 Å². The van der Waals surface area contributed by atoms with E-state index in [-0.39, 0.29) is 11.3 Å². The molecule has 4 N–H and O–H groups in total. The summed E-state index contributed by atoms with van der Waals surface area (Å²) < 4.78 is 30.3. The minimum atomic E-state index is -0.558. The Labute approximate surface area is 225 Å². The van der Waals surface area contributed by atoms with Gasteiger partial charge in [0.25, 0.3) is 5.56 Å². The Morgan fingerprint density at radius 3 is 2.70 bits per heavy atom. The third kappa shape index (κ3) is 3.92. The molecular weight excluding hydrogens is 514 g/mol. The van der Waals surface area contributed by atoms with Gasteiger partial charge < -0.3 is 15.8 Å². The molecule has 4 aromatic heterocycles. The molecule has 0 saturated heterocycles. The van der Waals surface area contributed by atoms with Crippen molar-refractivity contribution in [2.24, 2.45) is 0 Å². The van der Waals surface area contributed by atoms with Gasteiger partial charge in [-0.15, -0.1) is 0 Å². The largest absolute Gasteiger partial charge is 0.392 e. The van der Waals surface area contributed by atoms with Crippen molar-refractivity contribution >= 4 is 27.8 Å². The number of aliphatic hydroxyl groups is 1. The minimum Gasteiger partial charge on any atom is -0.392 e. The average Bonchev–Trinajstić information content (AvgIpc) is 3.71. The number of pyridine rings is 2. The third-order valence-corrected chi connectivity index (χ3v) is 7.37. The lowest BCUT2D eigenvalue weighted by Gasteiger charge is -2.16. The van der Waals surface area contributed by atoms with Crippen molar-refractivity contribution in [2.45, 2.75) is 25.4 Å². The van der Waals surface area contributed by atoms with Crippen molar-refractivity contribution in [1.29, 1.82) is 0 Å². The molecule has 1 aliphatic carbocycles. The average molecular weight is 537 g/mol. The van der Waals surface area contributed by atoms with Gasteiger partial charge in [0, 0.05) is 40.2 Å². The Bertz CT molecular complexity index is 2030. The number of benzene rings is 2. The Morgan fingerprint density at radius 2 is 1.93 bits per heavy atom. The molecule has 0 bridgehead atoms. The highest BCUT2D eigenvalue weighted by Gasteiger charge is 2.25. The van der Waals surface area contributed by atoms with E-state index in [1.165, 1.54) is 22.9 Å². The van der Waals surface area contributed by atoms with E-state index in [1.807, 2.05) is 6.07 Å². The zero-order valence-corrected chi connectivity index (χ0v) is 21.0. The van der Waals surface area contributed by atoms with Crippen LogP contribution in [0.2, 0.25) is 0 Å². The second-order valence-electron chi connectivity index (χ2n) is 9.96. The van der Waals surface area contributed by atoms with E-state index in [2.05, 4.69) is 19.9 Å². The van der Waals surface area contributed by atoms with E-state index < -0.39 is 23.8 Å². The lowest BCUT2D eigenvalue weighted by molar-refractivity contribution is 0.282. The van der Waals surface area contributed by atoms with Crippen molar-refractivity contribution in [3.05, 3.63) is 100 Å². The predicted molar refractivity (Wildman–Crippen MR) is 148 cm³/mol. The number of hydrogen-bond acceptors (Lipinski definition) is 6. The first-order chi connectivity index (χ1) is 19.4. The quantitative estimate of drug-likeness (QED) is 0.278. The molecule has 0 radical (unpaired) electrons. The number of aliphatic hydroxyl groups excluding tert-OH is 1. The zero-order valence-electron chi connectivity index (χ0n) is 21.0. The first-order valence-electron chi connectivity index (χ1n) is 12.8. The Hall–Kier alpha value is -4.96. The fourth-order valence-corrected chi connectivity index (χ4v) is 5.33. The van der Waals surface area contributed by atoms with Crippen LogP contribution in [0.25, 0.3) is 50.0 Å². The molecule has 198 valence electrons. The molecule has 0 amide bonds. The van der Waals surface area contributed by atoms with Crippen LogP contribution in [0.15, 0.2) is 71.9 Å². The summed E-state index contributed by atoms with van der Waals surface area (Å²) in [5.74, 6) is -0.711. The molecule has 8 nitrogen and oxygen atoms in total. The Balaban J connectivity index is 1.41. The third-order valence-electron chi connectivity index (χ3n) is 7.37. The molecule has 1 fully saturated rings. The van der Waals surface area contributed by atoms with Gasteiger partial charge in [0.1, 0.15) is 17.3 Å². The smallest absolute Gasteiger partial charge is 0.265 e. The van der Waals surface area contributed by atoms with E-state index in [0.29, 0.717) is 56.1 Å². The van der Waals surface area contributed by atoms with Crippen molar-refractivity contribution in [2.75, 3.05) is 5.73 Å². The first kappa shape index (κ1) is 24.1. The number of aromatic nitrogens is 5. The lowest BCUT2D eigenvalue weighted by Crippen LogP contribution is -2.20. The normalized spacial score (nSPS) is 13.4. The summed E-state index contributed by atoms with van der Waals surface area (Å²) in [6, 6.07) is 13.3. The molecule has 1 aliphatic rings. The number of rotatable bonds is 5. The number of nitrogens with zero attached hydrogens (tertiary/aromatic N) is 4. The first-order valence-corrected chi connectivity index (χ1v) is 12.8. The zero-order chi connectivity index (χ0) is 27.5. The molecular formula is C30H22F2N6O2. The summed E-state index contributed by atoms with van der Waals surface area (Å²) in [6.07, 6.45) is 6.27. The maximum atomic E-state index is 15.2. The number of fused-ring (bicyclic) bond motifs is 2. The molecule has 0 spiro atoms. The highest BCUT2D eigenvalue weighted by atomic mass is 19.1. The van der Waals surface area contributed by atoms with Crippen molar-refractivity contribution in [3.63, 3.8) is 0 Å². The molecule has 0 aliphatic heterocycles. The number of anilines is 1. The van der Waals surface area contributed by atoms with Gasteiger partial charge in [-0.2, -0.15) is 4.98 Å². The van der Waals surface area contributed by atoms with Crippen molar-refractivity contribution in [3.8, 4) is 28.2 Å². The Morgan fingerprint density at radius 1 is 1.07 bits per heavy atom. The number of nitrogens with one attached hydrogen (secondary N) is 1. The molecule has 1 saturated carbocycles. The summed E-state index contributed by atoms with van der Waals surface area (Å²) in [7, 11) is 0. The van der Waals surface area contributed by atoms with E-state index in [1.54, 1.807) is 36.5 Å². The van der Waals surface area contributed by atoms with Crippen molar-refractivity contribution < 1.29 is 13.9 Å².